The van der Waals surface area contributed by atoms with Gasteiger partial charge in [-0.25, -0.2) is 0 Å². The third kappa shape index (κ3) is 3.92. The van der Waals surface area contributed by atoms with Gasteiger partial charge in [0.05, 0.1) is 0 Å². The molecule has 1 saturated heterocycles. The van der Waals surface area contributed by atoms with Gasteiger partial charge in [0.25, 0.3) is 0 Å². The van der Waals surface area contributed by atoms with Crippen LogP contribution in [0.15, 0.2) is 18.2 Å². The Hall–Kier alpha value is -0.280. The molecular formula is C17H26Cl2N2. The fourth-order valence-corrected chi connectivity index (χ4v) is 3.28. The van der Waals surface area contributed by atoms with E-state index in [-0.39, 0.29) is 5.54 Å². The first kappa shape index (κ1) is 17.1. The van der Waals surface area contributed by atoms with Crippen molar-refractivity contribution in [1.29, 1.82) is 0 Å². The van der Waals surface area contributed by atoms with Crippen molar-refractivity contribution < 1.29 is 0 Å². The van der Waals surface area contributed by atoms with Gasteiger partial charge < -0.3 is 5.32 Å². The standard InChI is InChI=1S/C17H26Cl2N2/c1-5-17(4)11-20-16(12(2)3)10-21(17)9-13-8-14(18)6-7-15(13)19/h6-8,12,16,20H,5,9-11H2,1-4H3. The molecule has 21 heavy (non-hydrogen) atoms. The zero-order valence-corrected chi connectivity index (χ0v) is 14.9. The maximum atomic E-state index is 6.35. The number of piperazine rings is 1. The fraction of sp³-hybridized carbons (Fsp3) is 0.647. The number of halogens is 2. The Morgan fingerprint density at radius 1 is 1.38 bits per heavy atom. The third-order valence-corrected chi connectivity index (χ3v) is 5.46. The number of nitrogens with one attached hydrogen (secondary N) is 1. The molecule has 0 amide bonds. The van der Waals surface area contributed by atoms with Crippen LogP contribution < -0.4 is 5.32 Å². The number of hydrogen-bond donors (Lipinski definition) is 1. The summed E-state index contributed by atoms with van der Waals surface area (Å²) in [7, 11) is 0. The monoisotopic (exact) mass is 328 g/mol. The number of benzene rings is 1. The van der Waals surface area contributed by atoms with E-state index in [1.807, 2.05) is 18.2 Å². The fourth-order valence-electron chi connectivity index (χ4n) is 2.91. The predicted molar refractivity (Wildman–Crippen MR) is 92.2 cm³/mol. The number of nitrogens with zero attached hydrogens (tertiary/aromatic N) is 1. The second kappa shape index (κ2) is 6.87. The molecule has 2 nitrogen and oxygen atoms in total. The molecule has 2 rings (SSSR count). The minimum atomic E-state index is 0.164. The second-order valence-corrected chi connectivity index (χ2v) is 7.54. The van der Waals surface area contributed by atoms with Gasteiger partial charge in [0.1, 0.15) is 0 Å². The van der Waals surface area contributed by atoms with Gasteiger partial charge in [-0.05, 0) is 43.0 Å². The molecule has 1 aromatic carbocycles. The van der Waals surface area contributed by atoms with Crippen molar-refractivity contribution in [2.24, 2.45) is 5.92 Å². The van der Waals surface area contributed by atoms with E-state index in [0.717, 1.165) is 41.7 Å². The molecule has 1 aromatic rings. The van der Waals surface area contributed by atoms with Crippen LogP contribution in [0.3, 0.4) is 0 Å². The Morgan fingerprint density at radius 3 is 2.71 bits per heavy atom. The van der Waals surface area contributed by atoms with Crippen molar-refractivity contribution in [1.82, 2.24) is 10.2 Å². The Bertz CT molecular complexity index is 490. The van der Waals surface area contributed by atoms with Crippen molar-refractivity contribution in [3.63, 3.8) is 0 Å². The van der Waals surface area contributed by atoms with E-state index in [2.05, 4.69) is 37.9 Å². The minimum absolute atomic E-state index is 0.164. The first-order valence-electron chi connectivity index (χ1n) is 7.78. The third-order valence-electron chi connectivity index (χ3n) is 4.86. The Morgan fingerprint density at radius 2 is 2.10 bits per heavy atom. The lowest BCUT2D eigenvalue weighted by Gasteiger charge is -2.49. The van der Waals surface area contributed by atoms with Gasteiger partial charge >= 0.3 is 0 Å². The summed E-state index contributed by atoms with van der Waals surface area (Å²) in [6.45, 7) is 12.1. The molecule has 1 heterocycles. The Kier molecular flexibility index (Phi) is 5.59. The van der Waals surface area contributed by atoms with E-state index in [0.29, 0.717) is 12.0 Å². The molecule has 4 heteroatoms. The molecule has 2 atom stereocenters. The molecule has 118 valence electrons. The molecule has 1 fully saturated rings. The summed E-state index contributed by atoms with van der Waals surface area (Å²) in [6, 6.07) is 6.26. The molecule has 1 aliphatic heterocycles. The quantitative estimate of drug-likeness (QED) is 0.869. The van der Waals surface area contributed by atoms with Gasteiger partial charge in [-0.15, -0.1) is 0 Å². The Labute approximate surface area is 138 Å². The average Bonchev–Trinajstić information content (AvgIpc) is 2.45. The predicted octanol–water partition coefficient (Wildman–Crippen LogP) is 4.59. The van der Waals surface area contributed by atoms with E-state index < -0.39 is 0 Å². The van der Waals surface area contributed by atoms with Crippen LogP contribution in [0.5, 0.6) is 0 Å². The lowest BCUT2D eigenvalue weighted by molar-refractivity contribution is 0.0317. The lowest BCUT2D eigenvalue weighted by atomic mass is 9.89. The molecule has 0 spiro atoms. The maximum Gasteiger partial charge on any atom is 0.0452 e. The average molecular weight is 329 g/mol. The summed E-state index contributed by atoms with van der Waals surface area (Å²) >= 11 is 12.5. The summed E-state index contributed by atoms with van der Waals surface area (Å²) in [5, 5.41) is 5.26. The van der Waals surface area contributed by atoms with E-state index in [1.165, 1.54) is 0 Å². The van der Waals surface area contributed by atoms with E-state index >= 15 is 0 Å². The normalized spacial score (nSPS) is 27.3. The topological polar surface area (TPSA) is 15.3 Å². The van der Waals surface area contributed by atoms with Gasteiger partial charge in [0, 0.05) is 41.3 Å². The summed E-state index contributed by atoms with van der Waals surface area (Å²) < 4.78 is 0. The highest BCUT2D eigenvalue weighted by Gasteiger charge is 2.37. The second-order valence-electron chi connectivity index (χ2n) is 6.70. The van der Waals surface area contributed by atoms with Gasteiger partial charge in [-0.2, -0.15) is 0 Å². The zero-order chi connectivity index (χ0) is 15.6. The molecule has 0 saturated carbocycles. The van der Waals surface area contributed by atoms with Gasteiger partial charge in [0.2, 0.25) is 0 Å². The molecule has 2 unspecified atom stereocenters. The highest BCUT2D eigenvalue weighted by atomic mass is 35.5. The summed E-state index contributed by atoms with van der Waals surface area (Å²) in [5.41, 5.74) is 1.28. The maximum absolute atomic E-state index is 6.35. The molecule has 0 aliphatic carbocycles. The highest BCUT2D eigenvalue weighted by molar-refractivity contribution is 6.33. The van der Waals surface area contributed by atoms with E-state index in [9.17, 15) is 0 Å². The number of rotatable bonds is 4. The van der Waals surface area contributed by atoms with Crippen LogP contribution in [0.4, 0.5) is 0 Å². The summed E-state index contributed by atoms with van der Waals surface area (Å²) in [6.07, 6.45) is 1.11. The van der Waals surface area contributed by atoms with Crippen LogP contribution in [0.25, 0.3) is 0 Å². The molecule has 1 N–H and O–H groups in total. The van der Waals surface area contributed by atoms with Crippen LogP contribution >= 0.6 is 23.2 Å². The van der Waals surface area contributed by atoms with Gasteiger partial charge in [-0.1, -0.05) is 44.0 Å². The van der Waals surface area contributed by atoms with Crippen molar-refractivity contribution in [2.45, 2.75) is 52.2 Å². The van der Waals surface area contributed by atoms with E-state index in [4.69, 9.17) is 23.2 Å². The first-order valence-corrected chi connectivity index (χ1v) is 8.53. The van der Waals surface area contributed by atoms with Crippen LogP contribution in [0, 0.1) is 5.92 Å². The molecule has 0 aromatic heterocycles. The SMILES string of the molecule is CCC1(C)CNC(C(C)C)CN1Cc1cc(Cl)ccc1Cl. The van der Waals surface area contributed by atoms with Gasteiger partial charge in [-0.3, -0.25) is 4.90 Å². The van der Waals surface area contributed by atoms with Crippen LogP contribution in [0.1, 0.15) is 39.7 Å². The van der Waals surface area contributed by atoms with Crippen LogP contribution in [-0.4, -0.2) is 29.6 Å². The highest BCUT2D eigenvalue weighted by Crippen LogP contribution is 2.29. The van der Waals surface area contributed by atoms with Crippen LogP contribution in [0.2, 0.25) is 10.0 Å². The molecular weight excluding hydrogens is 303 g/mol. The van der Waals surface area contributed by atoms with Crippen LogP contribution in [-0.2, 0) is 6.54 Å². The van der Waals surface area contributed by atoms with Gasteiger partial charge in [0.15, 0.2) is 0 Å². The van der Waals surface area contributed by atoms with Crippen molar-refractivity contribution in [2.75, 3.05) is 13.1 Å². The van der Waals surface area contributed by atoms with Crippen molar-refractivity contribution >= 4 is 23.2 Å². The minimum Gasteiger partial charge on any atom is -0.311 e. The first-order chi connectivity index (χ1) is 9.85. The lowest BCUT2D eigenvalue weighted by Crippen LogP contribution is -2.63. The molecule has 0 bridgehead atoms. The molecule has 1 aliphatic rings. The smallest absolute Gasteiger partial charge is 0.0452 e. The van der Waals surface area contributed by atoms with E-state index in [1.54, 1.807) is 0 Å². The largest absolute Gasteiger partial charge is 0.311 e. The zero-order valence-electron chi connectivity index (χ0n) is 13.4. The van der Waals surface area contributed by atoms with Crippen molar-refractivity contribution in [3.8, 4) is 0 Å². The molecule has 0 radical (unpaired) electrons. The summed E-state index contributed by atoms with van der Waals surface area (Å²) in [5.74, 6) is 0.628. The Balaban J connectivity index is 2.22. The van der Waals surface area contributed by atoms with Crippen molar-refractivity contribution in [3.05, 3.63) is 33.8 Å². The number of hydrogen-bond acceptors (Lipinski definition) is 2. The summed E-state index contributed by atoms with van der Waals surface area (Å²) in [4.78, 5) is 2.56.